The fraction of sp³-hybridized carbons (Fsp3) is 0.143. The summed E-state index contributed by atoms with van der Waals surface area (Å²) in [4.78, 5) is 2.57. The molecule has 3 atom stereocenters. The first-order valence-electron chi connectivity index (χ1n) is 21.2. The first kappa shape index (κ1) is 35.1. The number of thioether (sulfide) groups is 1. The summed E-state index contributed by atoms with van der Waals surface area (Å²) in [6, 6.07) is 45.8. The van der Waals surface area contributed by atoms with Gasteiger partial charge in [-0.2, -0.15) is 0 Å². The molecule has 0 N–H and O–H groups in total. The van der Waals surface area contributed by atoms with Crippen LogP contribution >= 0.6 is 23.1 Å². The molecule has 1 saturated heterocycles. The molecule has 0 bridgehead atoms. The Kier molecular flexibility index (Phi) is 8.60. The van der Waals surface area contributed by atoms with Crippen LogP contribution in [0.4, 0.5) is 11.4 Å². The topological polar surface area (TPSA) is 3.24 Å². The van der Waals surface area contributed by atoms with E-state index in [2.05, 4.69) is 199 Å². The molecule has 3 unspecified atom stereocenters. The number of allylic oxidation sites excluding steroid dienone is 10. The molecule has 0 radical (unpaired) electrons. The molecule has 4 aliphatic carbocycles. The first-order chi connectivity index (χ1) is 29.3. The number of thiophene rings is 1. The van der Waals surface area contributed by atoms with Gasteiger partial charge in [-0.15, -0.1) is 23.1 Å². The smallest absolute Gasteiger partial charge is 0.0551 e. The van der Waals surface area contributed by atoms with Gasteiger partial charge in [0.1, 0.15) is 0 Å². The Morgan fingerprint density at radius 1 is 0.593 bits per heavy atom. The third-order valence-corrected chi connectivity index (χ3v) is 15.9. The van der Waals surface area contributed by atoms with Crippen molar-refractivity contribution >= 4 is 89.0 Å². The van der Waals surface area contributed by atoms with Gasteiger partial charge < -0.3 is 4.90 Å². The highest BCUT2D eigenvalue weighted by atomic mass is 32.2. The third kappa shape index (κ3) is 5.89. The molecule has 284 valence electrons. The van der Waals surface area contributed by atoms with Crippen molar-refractivity contribution in [2.75, 3.05) is 4.90 Å². The Balaban J connectivity index is 1.02. The van der Waals surface area contributed by atoms with E-state index in [0.717, 1.165) is 32.1 Å². The second-order valence-corrected chi connectivity index (χ2v) is 18.8. The summed E-state index contributed by atoms with van der Waals surface area (Å²) in [5.41, 5.74) is 13.3. The molecule has 1 fully saturated rings. The normalized spacial score (nSPS) is 20.5. The minimum atomic E-state index is 0.481. The van der Waals surface area contributed by atoms with Crippen molar-refractivity contribution in [1.82, 2.24) is 0 Å². The minimum absolute atomic E-state index is 0.481. The van der Waals surface area contributed by atoms with Crippen molar-refractivity contribution in [3.8, 4) is 11.1 Å². The SMILES string of the molecule is C1=CC2SC3CC=CC(c4ccc(N(C5=c6sc7c(C8=CCCC=C8)cccc7c6=CCC5)c5ccc(-c6cc7ccccc7c7ccccc67)cc5)cc4)=C3C2C=C1. The van der Waals surface area contributed by atoms with E-state index in [4.69, 9.17) is 0 Å². The summed E-state index contributed by atoms with van der Waals surface area (Å²) in [7, 11) is 0. The lowest BCUT2D eigenvalue weighted by Gasteiger charge is -2.29. The average Bonchev–Trinajstić information content (AvgIpc) is 3.89. The van der Waals surface area contributed by atoms with E-state index in [0.29, 0.717) is 16.4 Å². The van der Waals surface area contributed by atoms with Crippen LogP contribution < -0.4 is 14.7 Å². The highest BCUT2D eigenvalue weighted by molar-refractivity contribution is 8.01. The van der Waals surface area contributed by atoms with E-state index in [-0.39, 0.29) is 0 Å². The molecular formula is C56H43NS2. The Morgan fingerprint density at radius 3 is 2.19 bits per heavy atom. The Labute approximate surface area is 354 Å². The van der Waals surface area contributed by atoms with Crippen molar-refractivity contribution in [2.24, 2.45) is 5.92 Å². The van der Waals surface area contributed by atoms with Crippen molar-refractivity contribution in [2.45, 2.75) is 42.6 Å². The van der Waals surface area contributed by atoms with Gasteiger partial charge in [0.2, 0.25) is 0 Å². The molecule has 7 aromatic rings. The summed E-state index contributed by atoms with van der Waals surface area (Å²) in [5, 5.41) is 9.03. The standard InChI is InChI=1S/C56H43NS2/c1-2-13-36(14-3-1)44-21-10-22-47-48-23-11-24-51(56(48)59-55(44)47)57(40-31-27-37(28-32-40)43-20-12-26-53-54(43)49-19-8-9-25-52(49)58-53)41-33-29-38(30-34-41)50-35-39-15-4-5-16-42(39)45-17-6-7-18-46(45)50/h2,4-10,12-23,25,27-35,49,52-53H,1,3,11,24,26H2. The van der Waals surface area contributed by atoms with E-state index in [1.165, 1.54) is 91.9 Å². The van der Waals surface area contributed by atoms with Crippen LogP contribution in [-0.4, -0.2) is 10.5 Å². The fourth-order valence-electron chi connectivity index (χ4n) is 10.3. The van der Waals surface area contributed by atoms with Crippen LogP contribution in [0, 0.1) is 5.92 Å². The third-order valence-electron chi connectivity index (χ3n) is 13.0. The number of hydrogen-bond acceptors (Lipinski definition) is 3. The molecule has 1 nitrogen and oxygen atoms in total. The maximum Gasteiger partial charge on any atom is 0.0551 e. The number of benzene rings is 6. The van der Waals surface area contributed by atoms with Crippen LogP contribution in [0.5, 0.6) is 0 Å². The van der Waals surface area contributed by atoms with Crippen molar-refractivity contribution in [3.05, 3.63) is 202 Å². The van der Waals surface area contributed by atoms with Crippen LogP contribution in [-0.2, 0) is 0 Å². The molecule has 0 saturated carbocycles. The first-order valence-corrected chi connectivity index (χ1v) is 23.0. The molecular weight excluding hydrogens is 751 g/mol. The average molecular weight is 794 g/mol. The second-order valence-electron chi connectivity index (χ2n) is 16.4. The number of fused-ring (bicyclic) bond motifs is 9. The van der Waals surface area contributed by atoms with Gasteiger partial charge in [-0.05, 0) is 128 Å². The maximum atomic E-state index is 2.57. The van der Waals surface area contributed by atoms with Crippen LogP contribution in [0.3, 0.4) is 0 Å². The van der Waals surface area contributed by atoms with Gasteiger partial charge in [0.25, 0.3) is 0 Å². The number of hydrogen-bond donors (Lipinski definition) is 0. The molecule has 6 aromatic carbocycles. The predicted octanol–water partition coefficient (Wildman–Crippen LogP) is 14.1. The summed E-state index contributed by atoms with van der Waals surface area (Å²) in [6.07, 6.45) is 29.0. The predicted molar refractivity (Wildman–Crippen MR) is 258 cm³/mol. The molecule has 12 rings (SSSR count). The van der Waals surface area contributed by atoms with E-state index in [1.54, 1.807) is 5.57 Å². The van der Waals surface area contributed by atoms with E-state index in [1.807, 2.05) is 11.3 Å². The lowest BCUT2D eigenvalue weighted by atomic mass is 9.81. The Morgan fingerprint density at radius 2 is 1.36 bits per heavy atom. The highest BCUT2D eigenvalue weighted by Crippen LogP contribution is 2.52. The fourth-order valence-corrected chi connectivity index (χ4v) is 13.3. The Bertz CT molecular complexity index is 3170. The summed E-state index contributed by atoms with van der Waals surface area (Å²) >= 11 is 4.12. The van der Waals surface area contributed by atoms with Gasteiger partial charge >= 0.3 is 0 Å². The molecule has 2 heterocycles. The second kappa shape index (κ2) is 14.4. The van der Waals surface area contributed by atoms with Gasteiger partial charge in [-0.1, -0.05) is 152 Å². The number of anilines is 2. The van der Waals surface area contributed by atoms with Crippen molar-refractivity contribution in [1.29, 1.82) is 0 Å². The zero-order chi connectivity index (χ0) is 38.9. The summed E-state index contributed by atoms with van der Waals surface area (Å²) < 4.78 is 2.79. The van der Waals surface area contributed by atoms with Gasteiger partial charge in [-0.25, -0.2) is 0 Å². The van der Waals surface area contributed by atoms with Crippen LogP contribution in [0.2, 0.25) is 0 Å². The molecule has 0 amide bonds. The molecule has 1 aliphatic heterocycles. The van der Waals surface area contributed by atoms with Crippen molar-refractivity contribution in [3.63, 3.8) is 0 Å². The largest absolute Gasteiger partial charge is 0.313 e. The lowest BCUT2D eigenvalue weighted by molar-refractivity contribution is 0.779. The highest BCUT2D eigenvalue weighted by Gasteiger charge is 2.39. The van der Waals surface area contributed by atoms with Crippen LogP contribution in [0.1, 0.15) is 43.2 Å². The minimum Gasteiger partial charge on any atom is -0.313 e. The molecule has 3 heteroatoms. The van der Waals surface area contributed by atoms with Gasteiger partial charge in [0, 0.05) is 43.6 Å². The van der Waals surface area contributed by atoms with E-state index < -0.39 is 0 Å². The van der Waals surface area contributed by atoms with E-state index in [9.17, 15) is 0 Å². The van der Waals surface area contributed by atoms with Gasteiger partial charge in [0.15, 0.2) is 0 Å². The molecule has 59 heavy (non-hydrogen) atoms. The lowest BCUT2D eigenvalue weighted by Crippen LogP contribution is -2.31. The van der Waals surface area contributed by atoms with Crippen LogP contribution in [0.15, 0.2) is 182 Å². The maximum absolute atomic E-state index is 2.57. The molecule has 0 spiro atoms. The van der Waals surface area contributed by atoms with Gasteiger partial charge in [0.05, 0.1) is 4.53 Å². The molecule has 1 aromatic heterocycles. The zero-order valence-electron chi connectivity index (χ0n) is 32.9. The van der Waals surface area contributed by atoms with Crippen molar-refractivity contribution < 1.29 is 0 Å². The quantitative estimate of drug-likeness (QED) is 0.154. The summed E-state index contributed by atoms with van der Waals surface area (Å²) in [6.45, 7) is 0. The Hall–Kier alpha value is -5.87. The monoisotopic (exact) mass is 793 g/mol. The van der Waals surface area contributed by atoms with Crippen LogP contribution in [0.25, 0.3) is 65.7 Å². The molecule has 5 aliphatic rings. The summed E-state index contributed by atoms with van der Waals surface area (Å²) in [5.74, 6) is 0.481. The number of nitrogens with zero attached hydrogens (tertiary/aromatic N) is 1. The zero-order valence-corrected chi connectivity index (χ0v) is 34.5. The van der Waals surface area contributed by atoms with Gasteiger partial charge in [-0.3, -0.25) is 0 Å². The van der Waals surface area contributed by atoms with E-state index >= 15 is 0 Å². The number of rotatable bonds is 6.